The van der Waals surface area contributed by atoms with E-state index < -0.39 is 23.4 Å². The lowest BCUT2D eigenvalue weighted by atomic mass is 10.1. The Morgan fingerprint density at radius 3 is 2.62 bits per heavy atom. The van der Waals surface area contributed by atoms with E-state index in [9.17, 15) is 19.7 Å². The number of nitro groups is 1. The van der Waals surface area contributed by atoms with Gasteiger partial charge in [-0.2, -0.15) is 0 Å². The number of non-ortho nitro benzene ring substituents is 1. The molecule has 3 aromatic heterocycles. The molecule has 0 aliphatic heterocycles. The number of carbonyl (C=O) groups excluding carboxylic acids is 2. The number of esters is 1. The molecule has 0 aliphatic carbocycles. The predicted octanol–water partition coefficient (Wildman–Crippen LogP) is 4.89. The van der Waals surface area contributed by atoms with Gasteiger partial charge >= 0.3 is 5.97 Å². The lowest BCUT2D eigenvalue weighted by Gasteiger charge is -2.10. The van der Waals surface area contributed by atoms with Crippen molar-refractivity contribution in [1.29, 1.82) is 0 Å². The standard InChI is InChI=1S/C23H20N4O6S/c1-11-5-6-15(27(30)31)8-18(11)24-20(28)10-32-23(29)17-9-19(16-7-12(2)34-14(16)4)25-22-21(17)13(3)26-33-22/h5-9H,10H2,1-4H3,(H,24,28). The van der Waals surface area contributed by atoms with Crippen LogP contribution in [0.2, 0.25) is 0 Å². The molecule has 0 unspecified atom stereocenters. The van der Waals surface area contributed by atoms with E-state index in [0.29, 0.717) is 22.3 Å². The number of anilines is 1. The summed E-state index contributed by atoms with van der Waals surface area (Å²) in [5, 5.41) is 17.9. The summed E-state index contributed by atoms with van der Waals surface area (Å²) in [6, 6.07) is 7.69. The molecule has 0 atom stereocenters. The van der Waals surface area contributed by atoms with E-state index in [-0.39, 0.29) is 22.7 Å². The summed E-state index contributed by atoms with van der Waals surface area (Å²) < 4.78 is 10.6. The number of rotatable bonds is 6. The summed E-state index contributed by atoms with van der Waals surface area (Å²) in [6.07, 6.45) is 0. The Hall–Kier alpha value is -4.12. The van der Waals surface area contributed by atoms with Gasteiger partial charge in [0.15, 0.2) is 6.61 Å². The molecule has 0 spiro atoms. The van der Waals surface area contributed by atoms with Crippen LogP contribution >= 0.6 is 11.3 Å². The molecule has 11 heteroatoms. The maximum Gasteiger partial charge on any atom is 0.339 e. The molecular weight excluding hydrogens is 460 g/mol. The van der Waals surface area contributed by atoms with Crippen molar-refractivity contribution >= 4 is 45.7 Å². The van der Waals surface area contributed by atoms with Crippen molar-refractivity contribution in [3.05, 3.63) is 67.0 Å². The molecule has 1 N–H and O–H groups in total. The minimum absolute atomic E-state index is 0.161. The fourth-order valence-electron chi connectivity index (χ4n) is 3.53. The molecule has 0 saturated carbocycles. The lowest BCUT2D eigenvalue weighted by Crippen LogP contribution is -2.21. The first-order valence-corrected chi connectivity index (χ1v) is 11.0. The topological polar surface area (TPSA) is 137 Å². The first-order chi connectivity index (χ1) is 16.1. The number of pyridine rings is 1. The third kappa shape index (κ3) is 4.50. The second-order valence-corrected chi connectivity index (χ2v) is 9.17. The molecule has 4 rings (SSSR count). The van der Waals surface area contributed by atoms with Gasteiger partial charge in [0.1, 0.15) is 0 Å². The number of amides is 1. The summed E-state index contributed by atoms with van der Waals surface area (Å²) >= 11 is 1.61. The highest BCUT2D eigenvalue weighted by Gasteiger charge is 2.22. The van der Waals surface area contributed by atoms with E-state index in [1.54, 1.807) is 31.3 Å². The molecule has 0 bridgehead atoms. The predicted molar refractivity (Wildman–Crippen MR) is 126 cm³/mol. The normalized spacial score (nSPS) is 10.9. The molecule has 0 radical (unpaired) electrons. The molecule has 0 aliphatic rings. The highest BCUT2D eigenvalue weighted by atomic mass is 32.1. The van der Waals surface area contributed by atoms with Gasteiger partial charge in [-0.15, -0.1) is 11.3 Å². The minimum atomic E-state index is -0.740. The molecule has 4 aromatic rings. The maximum absolute atomic E-state index is 13.0. The van der Waals surface area contributed by atoms with E-state index in [1.165, 1.54) is 18.2 Å². The van der Waals surface area contributed by atoms with Gasteiger partial charge in [-0.05, 0) is 45.4 Å². The number of hydrogen-bond acceptors (Lipinski definition) is 9. The first-order valence-electron chi connectivity index (χ1n) is 10.2. The summed E-state index contributed by atoms with van der Waals surface area (Å²) in [7, 11) is 0. The zero-order valence-electron chi connectivity index (χ0n) is 18.8. The van der Waals surface area contributed by atoms with E-state index in [0.717, 1.165) is 15.3 Å². The van der Waals surface area contributed by atoms with Gasteiger partial charge in [0, 0.05) is 27.5 Å². The van der Waals surface area contributed by atoms with Crippen LogP contribution in [0, 0.1) is 37.8 Å². The average molecular weight is 481 g/mol. The van der Waals surface area contributed by atoms with Gasteiger partial charge in [0.05, 0.1) is 32.9 Å². The third-order valence-corrected chi connectivity index (χ3v) is 6.16. The van der Waals surface area contributed by atoms with E-state index >= 15 is 0 Å². The fourth-order valence-corrected chi connectivity index (χ4v) is 4.47. The maximum atomic E-state index is 13.0. The minimum Gasteiger partial charge on any atom is -0.452 e. The number of thiophene rings is 1. The lowest BCUT2D eigenvalue weighted by molar-refractivity contribution is -0.384. The molecule has 1 amide bonds. The summed E-state index contributed by atoms with van der Waals surface area (Å²) in [6.45, 7) is 6.74. The Balaban J connectivity index is 1.57. The Morgan fingerprint density at radius 2 is 1.94 bits per heavy atom. The zero-order chi connectivity index (χ0) is 24.6. The van der Waals surface area contributed by atoms with Crippen LogP contribution < -0.4 is 5.32 Å². The van der Waals surface area contributed by atoms with Gasteiger partial charge in [0.25, 0.3) is 17.3 Å². The number of ether oxygens (including phenoxy) is 1. The number of nitro benzene ring substituents is 1. The van der Waals surface area contributed by atoms with Crippen LogP contribution in [0.5, 0.6) is 0 Å². The average Bonchev–Trinajstić information content (AvgIpc) is 3.33. The number of nitrogens with zero attached hydrogens (tertiary/aromatic N) is 3. The van der Waals surface area contributed by atoms with Crippen LogP contribution in [0.15, 0.2) is 34.9 Å². The highest BCUT2D eigenvalue weighted by molar-refractivity contribution is 7.12. The Kier molecular flexibility index (Phi) is 6.12. The smallest absolute Gasteiger partial charge is 0.339 e. The monoisotopic (exact) mass is 480 g/mol. The molecule has 34 heavy (non-hydrogen) atoms. The van der Waals surface area contributed by atoms with E-state index in [4.69, 9.17) is 9.26 Å². The van der Waals surface area contributed by atoms with Crippen LogP contribution in [0.1, 0.15) is 31.4 Å². The van der Waals surface area contributed by atoms with Crippen molar-refractivity contribution in [2.45, 2.75) is 27.7 Å². The molecule has 3 heterocycles. The van der Waals surface area contributed by atoms with Crippen molar-refractivity contribution in [2.24, 2.45) is 0 Å². The number of aryl methyl sites for hydroxylation is 4. The van der Waals surface area contributed by atoms with Crippen molar-refractivity contribution in [1.82, 2.24) is 10.1 Å². The number of carbonyl (C=O) groups is 2. The van der Waals surface area contributed by atoms with E-state index in [2.05, 4.69) is 15.5 Å². The molecule has 174 valence electrons. The molecular formula is C23H20N4O6S. The Labute approximate surface area is 197 Å². The van der Waals surface area contributed by atoms with Crippen LogP contribution in [0.3, 0.4) is 0 Å². The van der Waals surface area contributed by atoms with Crippen molar-refractivity contribution < 1.29 is 23.8 Å². The second-order valence-electron chi connectivity index (χ2n) is 7.71. The highest BCUT2D eigenvalue weighted by Crippen LogP contribution is 2.33. The Bertz CT molecular complexity index is 1460. The van der Waals surface area contributed by atoms with Gasteiger partial charge in [-0.3, -0.25) is 14.9 Å². The molecule has 1 aromatic carbocycles. The zero-order valence-corrected chi connectivity index (χ0v) is 19.6. The van der Waals surface area contributed by atoms with Crippen LogP contribution in [0.25, 0.3) is 22.4 Å². The Morgan fingerprint density at radius 1 is 1.18 bits per heavy atom. The summed E-state index contributed by atoms with van der Waals surface area (Å²) in [4.78, 5) is 42.4. The molecule has 0 fully saturated rings. The third-order valence-electron chi connectivity index (χ3n) is 5.19. The quantitative estimate of drug-likeness (QED) is 0.234. The van der Waals surface area contributed by atoms with Crippen LogP contribution in [-0.2, 0) is 9.53 Å². The number of aromatic nitrogens is 2. The van der Waals surface area contributed by atoms with E-state index in [1.807, 2.05) is 19.9 Å². The molecule has 0 saturated heterocycles. The SMILES string of the molecule is Cc1cc(-c2cc(C(=O)OCC(=O)Nc3cc([N+](=O)[O-])ccc3C)c3c(C)noc3n2)c(C)s1. The number of fused-ring (bicyclic) bond motifs is 1. The van der Waals surface area contributed by atoms with Crippen molar-refractivity contribution in [2.75, 3.05) is 11.9 Å². The molecule has 10 nitrogen and oxygen atoms in total. The van der Waals surface area contributed by atoms with Crippen LogP contribution in [0.4, 0.5) is 11.4 Å². The van der Waals surface area contributed by atoms with Crippen molar-refractivity contribution in [3.8, 4) is 11.3 Å². The van der Waals surface area contributed by atoms with Gasteiger partial charge in [0.2, 0.25) is 0 Å². The van der Waals surface area contributed by atoms with Crippen molar-refractivity contribution in [3.63, 3.8) is 0 Å². The van der Waals surface area contributed by atoms with Gasteiger partial charge in [-0.25, -0.2) is 9.78 Å². The summed E-state index contributed by atoms with van der Waals surface area (Å²) in [5.41, 5.74) is 2.99. The fraction of sp³-hybridized carbons (Fsp3) is 0.217. The first kappa shape index (κ1) is 23.1. The number of benzene rings is 1. The largest absolute Gasteiger partial charge is 0.452 e. The van der Waals surface area contributed by atoms with Crippen LogP contribution in [-0.4, -0.2) is 33.5 Å². The van der Waals surface area contributed by atoms with Gasteiger partial charge < -0.3 is 14.6 Å². The summed E-state index contributed by atoms with van der Waals surface area (Å²) in [5.74, 6) is -1.37. The van der Waals surface area contributed by atoms with Gasteiger partial charge in [-0.1, -0.05) is 11.2 Å². The second kappa shape index (κ2) is 9.02. The number of nitrogens with one attached hydrogen (secondary N) is 1. The number of hydrogen-bond donors (Lipinski definition) is 1.